The summed E-state index contributed by atoms with van der Waals surface area (Å²) in [5, 5.41) is 5.24. The van der Waals surface area contributed by atoms with E-state index in [0.29, 0.717) is 5.75 Å². The van der Waals surface area contributed by atoms with Gasteiger partial charge in [0.15, 0.2) is 6.61 Å². The number of fused-ring (bicyclic) bond motifs is 1. The Balaban J connectivity index is 1.34. The first-order chi connectivity index (χ1) is 14.2. The van der Waals surface area contributed by atoms with Crippen LogP contribution in [0.25, 0.3) is 21.9 Å². The van der Waals surface area contributed by atoms with E-state index in [9.17, 15) is 4.79 Å². The van der Waals surface area contributed by atoms with Crippen molar-refractivity contribution in [2.45, 2.75) is 13.0 Å². The number of ether oxygens (including phenoxy) is 1. The molecule has 0 fully saturated rings. The molecular weight excluding hydrogens is 358 g/mol. The molecule has 0 aromatic heterocycles. The van der Waals surface area contributed by atoms with Gasteiger partial charge in [0, 0.05) is 0 Å². The molecule has 0 unspecified atom stereocenters. The monoisotopic (exact) mass is 381 g/mol. The molecule has 0 aliphatic rings. The zero-order chi connectivity index (χ0) is 20.1. The van der Waals surface area contributed by atoms with Gasteiger partial charge in [0.05, 0.1) is 6.04 Å². The molecule has 4 aromatic carbocycles. The highest BCUT2D eigenvalue weighted by Gasteiger charge is 2.11. The quantitative estimate of drug-likeness (QED) is 0.461. The minimum atomic E-state index is -0.141. The Labute approximate surface area is 171 Å². The molecule has 0 aliphatic carbocycles. The van der Waals surface area contributed by atoms with Crippen LogP contribution < -0.4 is 10.1 Å². The van der Waals surface area contributed by atoms with Crippen LogP contribution in [0.1, 0.15) is 18.5 Å². The second-order valence-corrected chi connectivity index (χ2v) is 7.07. The van der Waals surface area contributed by atoms with E-state index in [2.05, 4.69) is 47.8 Å². The summed E-state index contributed by atoms with van der Waals surface area (Å²) in [4.78, 5) is 12.3. The van der Waals surface area contributed by atoms with Gasteiger partial charge < -0.3 is 10.1 Å². The fraction of sp³-hybridized carbons (Fsp3) is 0.115. The van der Waals surface area contributed by atoms with E-state index in [4.69, 9.17) is 4.74 Å². The lowest BCUT2D eigenvalue weighted by Crippen LogP contribution is -2.31. The third kappa shape index (κ3) is 4.64. The van der Waals surface area contributed by atoms with Gasteiger partial charge in [-0.1, -0.05) is 84.9 Å². The van der Waals surface area contributed by atoms with Crippen LogP contribution in [0.15, 0.2) is 97.1 Å². The first-order valence-corrected chi connectivity index (χ1v) is 9.75. The zero-order valence-electron chi connectivity index (χ0n) is 16.3. The van der Waals surface area contributed by atoms with Gasteiger partial charge in [-0.25, -0.2) is 0 Å². The molecule has 144 valence electrons. The van der Waals surface area contributed by atoms with Crippen LogP contribution in [0, 0.1) is 0 Å². The Bertz CT molecular complexity index is 1100. The molecule has 4 rings (SSSR count). The second-order valence-electron chi connectivity index (χ2n) is 7.07. The Kier molecular flexibility index (Phi) is 5.57. The molecule has 0 heterocycles. The second kappa shape index (κ2) is 8.61. The van der Waals surface area contributed by atoms with Crippen LogP contribution in [0.2, 0.25) is 0 Å². The highest BCUT2D eigenvalue weighted by molar-refractivity contribution is 5.84. The van der Waals surface area contributed by atoms with Crippen molar-refractivity contribution in [3.05, 3.63) is 103 Å². The van der Waals surface area contributed by atoms with Gasteiger partial charge in [0.1, 0.15) is 5.75 Å². The van der Waals surface area contributed by atoms with Gasteiger partial charge in [0.2, 0.25) is 0 Å². The summed E-state index contributed by atoms with van der Waals surface area (Å²) in [5.41, 5.74) is 3.40. The number of benzene rings is 4. The first kappa shape index (κ1) is 18.8. The average Bonchev–Trinajstić information content (AvgIpc) is 2.78. The maximum Gasteiger partial charge on any atom is 0.258 e. The molecule has 0 saturated carbocycles. The third-order valence-corrected chi connectivity index (χ3v) is 4.99. The summed E-state index contributed by atoms with van der Waals surface area (Å²) < 4.78 is 5.68. The highest BCUT2D eigenvalue weighted by Crippen LogP contribution is 2.22. The molecule has 4 aromatic rings. The van der Waals surface area contributed by atoms with E-state index in [1.165, 1.54) is 5.56 Å². The molecule has 1 atom stereocenters. The molecular formula is C26H23NO2. The van der Waals surface area contributed by atoms with Crippen molar-refractivity contribution in [2.24, 2.45) is 0 Å². The largest absolute Gasteiger partial charge is 0.484 e. The zero-order valence-corrected chi connectivity index (χ0v) is 16.3. The van der Waals surface area contributed by atoms with Gasteiger partial charge in [-0.3, -0.25) is 4.79 Å². The molecule has 3 heteroatoms. The summed E-state index contributed by atoms with van der Waals surface area (Å²) in [6, 6.07) is 32.3. The number of carbonyl (C=O) groups excluding carboxylic acids is 1. The Morgan fingerprint density at radius 1 is 0.793 bits per heavy atom. The van der Waals surface area contributed by atoms with E-state index in [-0.39, 0.29) is 18.6 Å². The van der Waals surface area contributed by atoms with Crippen LogP contribution in [0.3, 0.4) is 0 Å². The van der Waals surface area contributed by atoms with Crippen LogP contribution in [-0.4, -0.2) is 12.5 Å². The van der Waals surface area contributed by atoms with E-state index in [1.807, 2.05) is 61.5 Å². The van der Waals surface area contributed by atoms with Crippen LogP contribution in [-0.2, 0) is 4.79 Å². The smallest absolute Gasteiger partial charge is 0.258 e. The molecule has 0 aliphatic heterocycles. The fourth-order valence-corrected chi connectivity index (χ4v) is 3.37. The molecule has 0 radical (unpaired) electrons. The summed E-state index contributed by atoms with van der Waals surface area (Å²) in [7, 11) is 0. The number of amides is 1. The maximum absolute atomic E-state index is 12.3. The van der Waals surface area contributed by atoms with Gasteiger partial charge >= 0.3 is 0 Å². The molecule has 1 amide bonds. The average molecular weight is 381 g/mol. The van der Waals surface area contributed by atoms with Gasteiger partial charge in [0.25, 0.3) is 5.91 Å². The normalized spacial score (nSPS) is 11.8. The highest BCUT2D eigenvalue weighted by atomic mass is 16.5. The summed E-state index contributed by atoms with van der Waals surface area (Å²) in [5.74, 6) is 0.552. The van der Waals surface area contributed by atoms with Crippen molar-refractivity contribution >= 4 is 16.7 Å². The van der Waals surface area contributed by atoms with Crippen molar-refractivity contribution in [3.8, 4) is 16.9 Å². The Morgan fingerprint density at radius 2 is 1.45 bits per heavy atom. The summed E-state index contributed by atoms with van der Waals surface area (Å²) >= 11 is 0. The lowest BCUT2D eigenvalue weighted by molar-refractivity contribution is -0.123. The topological polar surface area (TPSA) is 38.3 Å². The standard InChI is InChI=1S/C26H23NO2/c1-19(20-11-13-23(14-12-20)21-7-3-2-4-8-21)27-26(28)18-29-25-16-15-22-9-5-6-10-24(22)17-25/h2-17,19H,18H2,1H3,(H,27,28)/t19-/m0/s1. The molecule has 0 bridgehead atoms. The Morgan fingerprint density at radius 3 is 2.21 bits per heavy atom. The van der Waals surface area contributed by atoms with E-state index in [0.717, 1.165) is 21.9 Å². The van der Waals surface area contributed by atoms with E-state index < -0.39 is 0 Å². The minimum absolute atomic E-state index is 0.00915. The molecule has 1 N–H and O–H groups in total. The van der Waals surface area contributed by atoms with E-state index >= 15 is 0 Å². The third-order valence-electron chi connectivity index (χ3n) is 4.99. The molecule has 3 nitrogen and oxygen atoms in total. The van der Waals surface area contributed by atoms with Gasteiger partial charge in [-0.2, -0.15) is 0 Å². The number of rotatable bonds is 6. The van der Waals surface area contributed by atoms with Crippen molar-refractivity contribution in [1.29, 1.82) is 0 Å². The predicted molar refractivity (Wildman–Crippen MR) is 118 cm³/mol. The van der Waals surface area contributed by atoms with Gasteiger partial charge in [-0.05, 0) is 46.5 Å². The number of hydrogen-bond donors (Lipinski definition) is 1. The van der Waals surface area contributed by atoms with E-state index in [1.54, 1.807) is 0 Å². The minimum Gasteiger partial charge on any atom is -0.484 e. The van der Waals surface area contributed by atoms with Crippen LogP contribution >= 0.6 is 0 Å². The van der Waals surface area contributed by atoms with Gasteiger partial charge in [-0.15, -0.1) is 0 Å². The molecule has 29 heavy (non-hydrogen) atoms. The van der Waals surface area contributed by atoms with Crippen molar-refractivity contribution in [1.82, 2.24) is 5.32 Å². The lowest BCUT2D eigenvalue weighted by Gasteiger charge is -2.15. The van der Waals surface area contributed by atoms with Crippen LogP contribution in [0.5, 0.6) is 5.75 Å². The maximum atomic E-state index is 12.3. The number of nitrogens with one attached hydrogen (secondary N) is 1. The number of hydrogen-bond acceptors (Lipinski definition) is 2. The molecule has 0 spiro atoms. The Hall–Kier alpha value is -3.59. The van der Waals surface area contributed by atoms with Crippen molar-refractivity contribution in [2.75, 3.05) is 6.61 Å². The predicted octanol–water partition coefficient (Wildman–Crippen LogP) is 5.76. The number of carbonyl (C=O) groups is 1. The fourth-order valence-electron chi connectivity index (χ4n) is 3.37. The van der Waals surface area contributed by atoms with Crippen molar-refractivity contribution in [3.63, 3.8) is 0 Å². The summed E-state index contributed by atoms with van der Waals surface area (Å²) in [6.45, 7) is 1.97. The first-order valence-electron chi connectivity index (χ1n) is 9.75. The van der Waals surface area contributed by atoms with Crippen molar-refractivity contribution < 1.29 is 9.53 Å². The lowest BCUT2D eigenvalue weighted by atomic mass is 10.0. The van der Waals surface area contributed by atoms with Crippen LogP contribution in [0.4, 0.5) is 0 Å². The molecule has 0 saturated heterocycles. The SMILES string of the molecule is C[C@H](NC(=O)COc1ccc2ccccc2c1)c1ccc(-c2ccccc2)cc1. The summed E-state index contributed by atoms with van der Waals surface area (Å²) in [6.07, 6.45) is 0.